The molecule has 0 saturated heterocycles. The molecule has 0 amide bonds. The molecule has 6 heteroatoms. The summed E-state index contributed by atoms with van der Waals surface area (Å²) in [5.41, 5.74) is 7.88. The molecule has 3 N–H and O–H groups in total. The van der Waals surface area contributed by atoms with Gasteiger partial charge in [0.15, 0.2) is 5.65 Å². The molecule has 0 unspecified atom stereocenters. The van der Waals surface area contributed by atoms with Gasteiger partial charge in [-0.15, -0.1) is 0 Å². The van der Waals surface area contributed by atoms with Gasteiger partial charge < -0.3 is 10.7 Å². The first-order chi connectivity index (χ1) is 7.81. The molecule has 3 rings (SSSR count). The summed E-state index contributed by atoms with van der Waals surface area (Å²) in [6.07, 6.45) is 5.10. The lowest BCUT2D eigenvalue weighted by atomic mass is 10.4. The number of nitrogens with one attached hydrogen (secondary N) is 1. The third-order valence-electron chi connectivity index (χ3n) is 2.27. The van der Waals surface area contributed by atoms with E-state index in [-0.39, 0.29) is 0 Å². The molecule has 3 aromatic rings. The van der Waals surface area contributed by atoms with Crippen LogP contribution in [0.2, 0.25) is 0 Å². The van der Waals surface area contributed by atoms with E-state index in [1.807, 2.05) is 12.1 Å². The van der Waals surface area contributed by atoms with Gasteiger partial charge in [0.05, 0.1) is 23.9 Å². The lowest BCUT2D eigenvalue weighted by molar-refractivity contribution is 0.663. The number of hydrogen-bond acceptors (Lipinski definition) is 4. The molecule has 0 saturated carbocycles. The van der Waals surface area contributed by atoms with Crippen LogP contribution in [0.1, 0.15) is 5.82 Å². The Kier molecular flexibility index (Phi) is 1.86. The maximum absolute atomic E-state index is 5.58. The van der Waals surface area contributed by atoms with Crippen LogP contribution in [0.5, 0.6) is 0 Å². The molecule has 3 aromatic heterocycles. The Morgan fingerprint density at radius 1 is 1.44 bits per heavy atom. The number of hydrogen-bond donors (Lipinski definition) is 2. The van der Waals surface area contributed by atoms with Crippen molar-refractivity contribution in [2.45, 2.75) is 6.54 Å². The fourth-order valence-electron chi connectivity index (χ4n) is 1.59. The van der Waals surface area contributed by atoms with E-state index in [0.29, 0.717) is 12.2 Å². The maximum atomic E-state index is 5.58. The highest BCUT2D eigenvalue weighted by Crippen LogP contribution is 2.08. The number of nitrogens with zero attached hydrogens (tertiary/aromatic N) is 4. The molecule has 0 aliphatic heterocycles. The zero-order valence-corrected chi connectivity index (χ0v) is 8.46. The van der Waals surface area contributed by atoms with Crippen LogP contribution in [0, 0.1) is 0 Å². The van der Waals surface area contributed by atoms with Crippen LogP contribution in [0.25, 0.3) is 11.2 Å². The number of aromatic nitrogens is 5. The highest BCUT2D eigenvalue weighted by atomic mass is 15.3. The molecule has 0 bridgehead atoms. The number of rotatable bonds is 2. The molecule has 0 radical (unpaired) electrons. The Bertz CT molecular complexity index is 590. The first kappa shape index (κ1) is 8.90. The monoisotopic (exact) mass is 214 g/mol. The van der Waals surface area contributed by atoms with Crippen molar-refractivity contribution in [3.63, 3.8) is 0 Å². The average molecular weight is 214 g/mol. The predicted octanol–water partition coefficient (Wildman–Crippen LogP) is 0.785. The van der Waals surface area contributed by atoms with Gasteiger partial charge in [-0.1, -0.05) is 0 Å². The van der Waals surface area contributed by atoms with Crippen molar-refractivity contribution in [3.8, 4) is 0 Å². The first-order valence-electron chi connectivity index (χ1n) is 4.89. The second kappa shape index (κ2) is 3.34. The highest BCUT2D eigenvalue weighted by Gasteiger charge is 2.04. The summed E-state index contributed by atoms with van der Waals surface area (Å²) in [6.45, 7) is 0.563. The van der Waals surface area contributed by atoms with Gasteiger partial charge in [-0.3, -0.25) is 4.68 Å². The van der Waals surface area contributed by atoms with Crippen LogP contribution in [-0.2, 0) is 6.54 Å². The molecular formula is C10H10N6. The highest BCUT2D eigenvalue weighted by molar-refractivity contribution is 5.69. The Labute approximate surface area is 91.1 Å². The number of pyridine rings is 1. The molecule has 6 nitrogen and oxygen atoms in total. The van der Waals surface area contributed by atoms with Gasteiger partial charge >= 0.3 is 0 Å². The van der Waals surface area contributed by atoms with Gasteiger partial charge in [-0.25, -0.2) is 9.97 Å². The van der Waals surface area contributed by atoms with Crippen LogP contribution >= 0.6 is 0 Å². The predicted molar refractivity (Wildman–Crippen MR) is 59.6 cm³/mol. The van der Waals surface area contributed by atoms with E-state index < -0.39 is 0 Å². The van der Waals surface area contributed by atoms with E-state index in [4.69, 9.17) is 5.73 Å². The van der Waals surface area contributed by atoms with E-state index in [1.54, 1.807) is 23.3 Å². The normalized spacial score (nSPS) is 11.0. The minimum atomic E-state index is 0.563. The second-order valence-electron chi connectivity index (χ2n) is 3.53. The van der Waals surface area contributed by atoms with Gasteiger partial charge in [0.25, 0.3) is 0 Å². The van der Waals surface area contributed by atoms with Gasteiger partial charge in [0.2, 0.25) is 0 Å². The van der Waals surface area contributed by atoms with E-state index in [9.17, 15) is 0 Å². The summed E-state index contributed by atoms with van der Waals surface area (Å²) in [5.74, 6) is 0.816. The van der Waals surface area contributed by atoms with Gasteiger partial charge in [0.1, 0.15) is 5.82 Å². The molecule has 0 aliphatic carbocycles. The van der Waals surface area contributed by atoms with E-state index in [2.05, 4.69) is 20.1 Å². The largest absolute Gasteiger partial charge is 0.396 e. The van der Waals surface area contributed by atoms with Gasteiger partial charge in [-0.2, -0.15) is 5.10 Å². The van der Waals surface area contributed by atoms with E-state index in [1.165, 1.54) is 0 Å². The smallest absolute Gasteiger partial charge is 0.177 e. The lowest BCUT2D eigenvalue weighted by Gasteiger charge is -1.95. The summed E-state index contributed by atoms with van der Waals surface area (Å²) in [4.78, 5) is 11.7. The van der Waals surface area contributed by atoms with E-state index in [0.717, 1.165) is 17.0 Å². The summed E-state index contributed by atoms with van der Waals surface area (Å²) >= 11 is 0. The van der Waals surface area contributed by atoms with Crippen LogP contribution in [-0.4, -0.2) is 24.7 Å². The summed E-state index contributed by atoms with van der Waals surface area (Å²) in [7, 11) is 0. The molecule has 3 heterocycles. The van der Waals surface area contributed by atoms with E-state index >= 15 is 0 Å². The molecule has 0 aliphatic rings. The maximum Gasteiger partial charge on any atom is 0.177 e. The number of aromatic amines is 1. The Morgan fingerprint density at radius 2 is 2.38 bits per heavy atom. The quantitative estimate of drug-likeness (QED) is 0.660. The van der Waals surface area contributed by atoms with Crippen molar-refractivity contribution in [1.29, 1.82) is 0 Å². The summed E-state index contributed by atoms with van der Waals surface area (Å²) in [6, 6.07) is 3.81. The lowest BCUT2D eigenvalue weighted by Crippen LogP contribution is -2.01. The van der Waals surface area contributed by atoms with Crippen LogP contribution < -0.4 is 5.73 Å². The zero-order valence-electron chi connectivity index (χ0n) is 8.46. The zero-order chi connectivity index (χ0) is 11.0. The average Bonchev–Trinajstić information content (AvgIpc) is 2.84. The molecule has 0 atom stereocenters. The molecule has 0 aromatic carbocycles. The first-order valence-corrected chi connectivity index (χ1v) is 4.89. The van der Waals surface area contributed by atoms with Crippen molar-refractivity contribution in [1.82, 2.24) is 24.7 Å². The number of nitrogen functional groups attached to an aromatic ring is 1. The van der Waals surface area contributed by atoms with Crippen molar-refractivity contribution >= 4 is 16.9 Å². The fourth-order valence-corrected chi connectivity index (χ4v) is 1.59. The van der Waals surface area contributed by atoms with Crippen molar-refractivity contribution < 1.29 is 0 Å². The third kappa shape index (κ3) is 1.50. The van der Waals surface area contributed by atoms with Gasteiger partial charge in [0, 0.05) is 12.4 Å². The molecule has 16 heavy (non-hydrogen) atoms. The summed E-state index contributed by atoms with van der Waals surface area (Å²) < 4.78 is 1.73. The molecule has 80 valence electrons. The minimum absolute atomic E-state index is 0.563. The molecular weight excluding hydrogens is 204 g/mol. The third-order valence-corrected chi connectivity index (χ3v) is 2.27. The number of H-pyrrole nitrogens is 1. The number of imidazole rings is 1. The van der Waals surface area contributed by atoms with Crippen LogP contribution in [0.15, 0.2) is 30.7 Å². The Hall–Kier alpha value is -2.37. The van der Waals surface area contributed by atoms with Crippen LogP contribution in [0.3, 0.4) is 0 Å². The molecule has 0 fully saturated rings. The van der Waals surface area contributed by atoms with Crippen molar-refractivity contribution in [2.75, 3.05) is 5.73 Å². The Balaban J connectivity index is 1.95. The van der Waals surface area contributed by atoms with Crippen molar-refractivity contribution in [2.24, 2.45) is 0 Å². The summed E-state index contributed by atoms with van der Waals surface area (Å²) in [5, 5.41) is 4.09. The number of anilines is 1. The van der Waals surface area contributed by atoms with Gasteiger partial charge in [-0.05, 0) is 12.1 Å². The molecule has 0 spiro atoms. The number of fused-ring (bicyclic) bond motifs is 1. The number of nitrogens with two attached hydrogens (primary N) is 1. The minimum Gasteiger partial charge on any atom is -0.396 e. The second-order valence-corrected chi connectivity index (χ2v) is 3.53. The Morgan fingerprint density at radius 3 is 3.12 bits per heavy atom. The SMILES string of the molecule is Nc1cnn(Cc2nc3ncccc3[nH]2)c1. The topological polar surface area (TPSA) is 85.4 Å². The van der Waals surface area contributed by atoms with Crippen molar-refractivity contribution in [3.05, 3.63) is 36.5 Å². The standard InChI is InChI=1S/C10H10N6/c11-7-4-13-16(5-7)6-9-14-8-2-1-3-12-10(8)15-9/h1-5H,6,11H2,(H,12,14,15). The van der Waals surface area contributed by atoms with Crippen LogP contribution in [0.4, 0.5) is 5.69 Å². The fraction of sp³-hybridized carbons (Fsp3) is 0.100.